The number of benzene rings is 4. The van der Waals surface area contributed by atoms with Crippen LogP contribution in [0.4, 0.5) is 0 Å². The van der Waals surface area contributed by atoms with E-state index in [4.69, 9.17) is 16.3 Å². The second-order valence-electron chi connectivity index (χ2n) is 9.70. The fraction of sp³-hybridized carbons (Fsp3) is 0.152. The van der Waals surface area contributed by atoms with Crippen molar-refractivity contribution in [3.63, 3.8) is 0 Å². The number of nitrogens with one attached hydrogen (secondary N) is 1. The maximum atomic E-state index is 12.8. The number of aromatic nitrogens is 4. The van der Waals surface area contributed by atoms with Gasteiger partial charge in [-0.25, -0.2) is 5.43 Å². The first-order valence-electron chi connectivity index (χ1n) is 14.0. The summed E-state index contributed by atoms with van der Waals surface area (Å²) < 4.78 is 9.82. The highest BCUT2D eigenvalue weighted by molar-refractivity contribution is 7.99. The summed E-state index contributed by atoms with van der Waals surface area (Å²) in [6.07, 6.45) is 1.67. The van der Waals surface area contributed by atoms with Crippen LogP contribution in [0.25, 0.3) is 38.9 Å². The van der Waals surface area contributed by atoms with Crippen LogP contribution in [0.15, 0.2) is 101 Å². The quantitative estimate of drug-likeness (QED) is 0.0998. The predicted octanol–water partition coefficient (Wildman–Crippen LogP) is 7.36. The molecule has 0 unspecified atom stereocenters. The molecule has 1 N–H and O–H groups in total. The summed E-state index contributed by atoms with van der Waals surface area (Å²) in [6, 6.07) is 29.7. The first-order valence-corrected chi connectivity index (χ1v) is 15.3. The fourth-order valence-corrected chi connectivity index (χ4v) is 5.94. The van der Waals surface area contributed by atoms with E-state index < -0.39 is 0 Å². The van der Waals surface area contributed by atoms with E-state index >= 15 is 0 Å². The van der Waals surface area contributed by atoms with Gasteiger partial charge in [0, 0.05) is 44.6 Å². The molecular formula is C33H29ClN6O2S. The number of carbonyl (C=O) groups excluding carboxylic acids is 1. The number of aryl methyl sites for hydroxylation is 1. The molecule has 0 aliphatic rings. The normalized spacial score (nSPS) is 11.5. The number of rotatable bonds is 10. The molecule has 8 nitrogen and oxygen atoms in total. The molecule has 2 aromatic heterocycles. The highest BCUT2D eigenvalue weighted by Gasteiger charge is 2.18. The Bertz CT molecular complexity index is 1930. The summed E-state index contributed by atoms with van der Waals surface area (Å²) in [7, 11) is 0. The fourth-order valence-electron chi connectivity index (χ4n) is 5.07. The number of hydrazone groups is 1. The molecule has 1 amide bonds. The number of hydrogen-bond acceptors (Lipinski definition) is 6. The zero-order valence-electron chi connectivity index (χ0n) is 23.7. The van der Waals surface area contributed by atoms with Crippen LogP contribution in [0.2, 0.25) is 5.02 Å². The van der Waals surface area contributed by atoms with Crippen LogP contribution < -0.4 is 10.2 Å². The molecule has 2 heterocycles. The Morgan fingerprint density at radius 1 is 0.953 bits per heavy atom. The minimum Gasteiger partial charge on any atom is -0.494 e. The van der Waals surface area contributed by atoms with Gasteiger partial charge in [-0.15, -0.1) is 10.2 Å². The molecule has 0 aliphatic carbocycles. The third kappa shape index (κ3) is 6.00. The number of hydrogen-bond donors (Lipinski definition) is 1. The van der Waals surface area contributed by atoms with E-state index in [2.05, 4.69) is 68.6 Å². The van der Waals surface area contributed by atoms with Gasteiger partial charge in [-0.1, -0.05) is 47.6 Å². The number of nitrogens with zero attached hydrogens (tertiary/aromatic N) is 5. The molecular weight excluding hydrogens is 580 g/mol. The molecule has 0 aliphatic heterocycles. The van der Waals surface area contributed by atoms with Gasteiger partial charge in [0.25, 0.3) is 5.91 Å². The van der Waals surface area contributed by atoms with Gasteiger partial charge < -0.3 is 9.30 Å². The molecule has 0 bridgehead atoms. The van der Waals surface area contributed by atoms with Gasteiger partial charge >= 0.3 is 0 Å². The van der Waals surface area contributed by atoms with E-state index in [0.29, 0.717) is 22.6 Å². The molecule has 0 saturated heterocycles. The number of carbonyl (C=O) groups is 1. The van der Waals surface area contributed by atoms with E-state index in [0.717, 1.165) is 34.5 Å². The lowest BCUT2D eigenvalue weighted by molar-refractivity contribution is -0.118. The van der Waals surface area contributed by atoms with Crippen molar-refractivity contribution in [2.45, 2.75) is 25.5 Å². The highest BCUT2D eigenvalue weighted by Crippen LogP contribution is 2.31. The van der Waals surface area contributed by atoms with E-state index in [1.54, 1.807) is 6.21 Å². The van der Waals surface area contributed by atoms with Gasteiger partial charge in [0.1, 0.15) is 5.75 Å². The number of fused-ring (bicyclic) bond motifs is 3. The minimum atomic E-state index is -0.251. The summed E-state index contributed by atoms with van der Waals surface area (Å²) in [4.78, 5) is 12.8. The zero-order valence-corrected chi connectivity index (χ0v) is 25.3. The average Bonchev–Trinajstić information content (AvgIpc) is 3.60. The largest absolute Gasteiger partial charge is 0.494 e. The van der Waals surface area contributed by atoms with Gasteiger partial charge in [0.05, 0.1) is 18.6 Å². The summed E-state index contributed by atoms with van der Waals surface area (Å²) in [5, 5.41) is 16.6. The Morgan fingerprint density at radius 3 is 2.49 bits per heavy atom. The summed E-state index contributed by atoms with van der Waals surface area (Å²) in [5.41, 5.74) is 7.63. The highest BCUT2D eigenvalue weighted by atomic mass is 35.5. The molecule has 0 saturated carbocycles. The van der Waals surface area contributed by atoms with E-state index in [-0.39, 0.29) is 11.7 Å². The van der Waals surface area contributed by atoms with Gasteiger partial charge in [-0.05, 0) is 86.1 Å². The molecule has 0 spiro atoms. The number of ether oxygens (including phenoxy) is 1. The molecule has 4 aromatic carbocycles. The first kappa shape index (κ1) is 28.5. The van der Waals surface area contributed by atoms with Gasteiger partial charge in [0.2, 0.25) is 0 Å². The molecule has 6 aromatic rings. The SMILES string of the molecule is CCOc1ccc(-n2c(SCC(=O)NN=Cc3ccc4c(c3)c3ccccc3n4CC)nnc2-c2ccc(Cl)cc2)cc1. The van der Waals surface area contributed by atoms with Crippen molar-refractivity contribution in [2.24, 2.45) is 5.10 Å². The lowest BCUT2D eigenvalue weighted by Crippen LogP contribution is -2.20. The Hall–Kier alpha value is -4.60. The summed E-state index contributed by atoms with van der Waals surface area (Å²) >= 11 is 7.39. The van der Waals surface area contributed by atoms with E-state index in [1.807, 2.05) is 66.1 Å². The lowest BCUT2D eigenvalue weighted by Gasteiger charge is -2.11. The van der Waals surface area contributed by atoms with Gasteiger partial charge in [-0.3, -0.25) is 9.36 Å². The monoisotopic (exact) mass is 608 g/mol. The van der Waals surface area contributed by atoms with E-state index in [1.165, 1.54) is 28.2 Å². The van der Waals surface area contributed by atoms with Crippen molar-refractivity contribution < 1.29 is 9.53 Å². The zero-order chi connectivity index (χ0) is 29.8. The standard InChI is InChI=1S/C33H29ClN6O2S/c1-3-39-29-8-6-5-7-27(29)28-19-22(9-18-30(28)39)20-35-36-31(41)21-43-33-38-37-32(23-10-12-24(34)13-11-23)40(33)25-14-16-26(17-15-25)42-4-2/h5-20H,3-4,21H2,1-2H3,(H,36,41). The minimum absolute atomic E-state index is 0.107. The van der Waals surface area contributed by atoms with Crippen LogP contribution in [0.3, 0.4) is 0 Å². The maximum absolute atomic E-state index is 12.8. The topological polar surface area (TPSA) is 86.3 Å². The predicted molar refractivity (Wildman–Crippen MR) is 175 cm³/mol. The molecule has 216 valence electrons. The van der Waals surface area contributed by atoms with Crippen LogP contribution in [0, 0.1) is 0 Å². The van der Waals surface area contributed by atoms with Gasteiger partial charge in [0.15, 0.2) is 11.0 Å². The summed E-state index contributed by atoms with van der Waals surface area (Å²) in [5.74, 6) is 1.27. The maximum Gasteiger partial charge on any atom is 0.250 e. The second-order valence-corrected chi connectivity index (χ2v) is 11.1. The van der Waals surface area contributed by atoms with Crippen LogP contribution >= 0.6 is 23.4 Å². The molecule has 0 atom stereocenters. The molecule has 0 radical (unpaired) electrons. The van der Waals surface area contributed by atoms with Crippen molar-refractivity contribution in [1.82, 2.24) is 24.8 Å². The van der Waals surface area contributed by atoms with E-state index in [9.17, 15) is 4.79 Å². The number of para-hydroxylation sites is 1. The lowest BCUT2D eigenvalue weighted by atomic mass is 10.1. The Labute approximate surface area is 258 Å². The number of amides is 1. The average molecular weight is 609 g/mol. The van der Waals surface area contributed by atoms with Crippen LogP contribution in [-0.4, -0.2) is 43.8 Å². The number of halogens is 1. The Balaban J connectivity index is 1.18. The second kappa shape index (κ2) is 12.7. The third-order valence-electron chi connectivity index (χ3n) is 6.99. The molecule has 6 rings (SSSR count). The Kier molecular flexibility index (Phi) is 8.44. The Morgan fingerprint density at radius 2 is 1.72 bits per heavy atom. The van der Waals surface area contributed by atoms with Crippen LogP contribution in [-0.2, 0) is 11.3 Å². The molecule has 0 fully saturated rings. The third-order valence-corrected chi connectivity index (χ3v) is 8.17. The number of thioether (sulfide) groups is 1. The van der Waals surface area contributed by atoms with Crippen molar-refractivity contribution in [3.05, 3.63) is 102 Å². The van der Waals surface area contributed by atoms with Crippen LogP contribution in [0.5, 0.6) is 5.75 Å². The van der Waals surface area contributed by atoms with Crippen LogP contribution in [0.1, 0.15) is 19.4 Å². The van der Waals surface area contributed by atoms with Crippen molar-refractivity contribution in [3.8, 4) is 22.8 Å². The summed E-state index contributed by atoms with van der Waals surface area (Å²) in [6.45, 7) is 5.56. The molecule has 43 heavy (non-hydrogen) atoms. The van der Waals surface area contributed by atoms with Gasteiger partial charge in [-0.2, -0.15) is 5.10 Å². The smallest absolute Gasteiger partial charge is 0.250 e. The molecule has 10 heteroatoms. The van der Waals surface area contributed by atoms with Crippen molar-refractivity contribution in [1.29, 1.82) is 0 Å². The first-order chi connectivity index (χ1) is 21.1. The van der Waals surface area contributed by atoms with Crippen molar-refractivity contribution in [2.75, 3.05) is 12.4 Å². The van der Waals surface area contributed by atoms with Crippen molar-refractivity contribution >= 4 is 57.3 Å².